The Labute approximate surface area is 221 Å². The van der Waals surface area contributed by atoms with Gasteiger partial charge in [0.25, 0.3) is 0 Å². The average molecular weight is 546 g/mol. The third-order valence-electron chi connectivity index (χ3n) is 7.34. The minimum atomic E-state index is -1.38. The van der Waals surface area contributed by atoms with Gasteiger partial charge < -0.3 is 24.6 Å². The summed E-state index contributed by atoms with van der Waals surface area (Å²) in [5.41, 5.74) is -1.06. The van der Waals surface area contributed by atoms with Crippen molar-refractivity contribution in [2.45, 2.75) is 25.3 Å². The van der Waals surface area contributed by atoms with E-state index in [1.165, 1.54) is 37.6 Å². The van der Waals surface area contributed by atoms with Crippen LogP contribution >= 0.6 is 12.2 Å². The van der Waals surface area contributed by atoms with E-state index in [1.54, 1.807) is 9.47 Å². The molecule has 11 heteroatoms. The van der Waals surface area contributed by atoms with Crippen molar-refractivity contribution in [3.63, 3.8) is 0 Å². The minimum absolute atomic E-state index is 0.0244. The molecule has 2 heterocycles. The van der Waals surface area contributed by atoms with Gasteiger partial charge in [0.1, 0.15) is 22.1 Å². The van der Waals surface area contributed by atoms with Crippen LogP contribution in [0.4, 0.5) is 18.9 Å². The van der Waals surface area contributed by atoms with Gasteiger partial charge in [-0.1, -0.05) is 12.2 Å². The van der Waals surface area contributed by atoms with Crippen molar-refractivity contribution >= 4 is 39.8 Å². The lowest BCUT2D eigenvalue weighted by Crippen LogP contribution is -2.41. The van der Waals surface area contributed by atoms with Crippen molar-refractivity contribution in [1.82, 2.24) is 9.88 Å². The Morgan fingerprint density at radius 3 is 2.58 bits per heavy atom. The van der Waals surface area contributed by atoms with Crippen LogP contribution in [0.15, 0.2) is 41.3 Å². The van der Waals surface area contributed by atoms with Gasteiger partial charge >= 0.3 is 5.97 Å². The molecule has 1 unspecified atom stereocenters. The standard InChI is InChI=1S/C27H26F3N3O4S/c1-37-24-21-18(23(34)19(26(35)36)11-33(21)17-6-7-17)10-20(30)22(24)32-9-8-27(12-28,14-32)13-31-25(38)15-2-4-16(29)5-3-15/h2-5,10-11,17H,6-9,12-14H2,1H3,(H,31,38)(H,35,36). The molecule has 1 aromatic heterocycles. The van der Waals surface area contributed by atoms with Crippen LogP contribution in [0.1, 0.15) is 41.2 Å². The fourth-order valence-corrected chi connectivity index (χ4v) is 5.33. The normalized spacial score (nSPS) is 19.1. The van der Waals surface area contributed by atoms with E-state index in [2.05, 4.69) is 5.32 Å². The summed E-state index contributed by atoms with van der Waals surface area (Å²) in [5.74, 6) is -2.40. The molecule has 200 valence electrons. The van der Waals surface area contributed by atoms with Gasteiger partial charge in [-0.3, -0.25) is 9.18 Å². The third-order valence-corrected chi connectivity index (χ3v) is 7.72. The molecule has 0 spiro atoms. The van der Waals surface area contributed by atoms with Gasteiger partial charge in [-0.05, 0) is 49.6 Å². The number of hydrogen-bond donors (Lipinski definition) is 2. The van der Waals surface area contributed by atoms with E-state index in [0.717, 1.165) is 18.9 Å². The number of carboxylic acids is 1. The van der Waals surface area contributed by atoms with Gasteiger partial charge in [-0.15, -0.1) is 0 Å². The van der Waals surface area contributed by atoms with Crippen LogP contribution in [-0.4, -0.2) is 54.1 Å². The van der Waals surface area contributed by atoms with Crippen molar-refractivity contribution in [2.75, 3.05) is 38.3 Å². The number of aromatic carboxylic acids is 1. The van der Waals surface area contributed by atoms with Crippen LogP contribution < -0.4 is 20.4 Å². The molecule has 0 radical (unpaired) electrons. The second-order valence-corrected chi connectivity index (χ2v) is 10.4. The zero-order valence-electron chi connectivity index (χ0n) is 20.6. The third kappa shape index (κ3) is 4.59. The Kier molecular flexibility index (Phi) is 6.81. The lowest BCUT2D eigenvalue weighted by molar-refractivity contribution is 0.0694. The number of nitrogens with zero attached hydrogens (tertiary/aromatic N) is 2. The first-order chi connectivity index (χ1) is 18.2. The minimum Gasteiger partial charge on any atom is -0.492 e. The molecule has 3 aromatic rings. The Morgan fingerprint density at radius 1 is 1.26 bits per heavy atom. The van der Waals surface area contributed by atoms with E-state index in [0.29, 0.717) is 29.0 Å². The molecule has 2 N–H and O–H groups in total. The van der Waals surface area contributed by atoms with Crippen LogP contribution in [-0.2, 0) is 0 Å². The maximum Gasteiger partial charge on any atom is 0.341 e. The molecule has 0 bridgehead atoms. The largest absolute Gasteiger partial charge is 0.492 e. The summed E-state index contributed by atoms with van der Waals surface area (Å²) in [6, 6.07) is 6.69. The van der Waals surface area contributed by atoms with Gasteiger partial charge in [0.2, 0.25) is 5.43 Å². The lowest BCUT2D eigenvalue weighted by Gasteiger charge is -2.29. The Bertz CT molecular complexity index is 1490. The monoisotopic (exact) mass is 545 g/mol. The fourth-order valence-electron chi connectivity index (χ4n) is 5.12. The fraction of sp³-hybridized carbons (Fsp3) is 0.370. The first kappa shape index (κ1) is 26.0. The van der Waals surface area contributed by atoms with Gasteiger partial charge in [-0.25, -0.2) is 13.6 Å². The molecular formula is C27H26F3N3O4S. The molecule has 1 saturated carbocycles. The van der Waals surface area contributed by atoms with Crippen molar-refractivity contribution < 1.29 is 27.8 Å². The number of carbonyl (C=O) groups is 1. The topological polar surface area (TPSA) is 83.8 Å². The molecule has 2 aromatic carbocycles. The molecule has 2 aliphatic rings. The van der Waals surface area contributed by atoms with Crippen LogP contribution in [0, 0.1) is 17.0 Å². The highest BCUT2D eigenvalue weighted by molar-refractivity contribution is 7.80. The number of hydrogen-bond acceptors (Lipinski definition) is 5. The van der Waals surface area contributed by atoms with Crippen molar-refractivity contribution in [1.29, 1.82) is 0 Å². The highest BCUT2D eigenvalue weighted by Gasteiger charge is 2.41. The van der Waals surface area contributed by atoms with E-state index in [1.807, 2.05) is 0 Å². The number of carboxylic acid groups (broad SMARTS) is 1. The molecule has 7 nitrogen and oxygen atoms in total. The number of alkyl halides is 1. The zero-order chi connectivity index (χ0) is 27.2. The molecule has 1 aliphatic carbocycles. The summed E-state index contributed by atoms with van der Waals surface area (Å²) in [7, 11) is 1.37. The first-order valence-corrected chi connectivity index (χ1v) is 12.6. The quantitative estimate of drug-likeness (QED) is 0.405. The molecule has 38 heavy (non-hydrogen) atoms. The average Bonchev–Trinajstić information content (AvgIpc) is 3.66. The number of rotatable bonds is 8. The molecule has 1 aliphatic heterocycles. The molecule has 0 amide bonds. The molecule has 1 saturated heterocycles. The van der Waals surface area contributed by atoms with Crippen molar-refractivity contribution in [2.24, 2.45) is 5.41 Å². The van der Waals surface area contributed by atoms with Crippen LogP contribution in [0.3, 0.4) is 0 Å². The predicted octanol–water partition coefficient (Wildman–Crippen LogP) is 4.45. The summed E-state index contributed by atoms with van der Waals surface area (Å²) in [5, 5.41) is 12.5. The number of benzene rings is 2. The number of pyridine rings is 1. The van der Waals surface area contributed by atoms with Gasteiger partial charge in [0.15, 0.2) is 11.6 Å². The second-order valence-electron chi connectivity index (χ2n) is 9.95. The second kappa shape index (κ2) is 9.94. The Morgan fingerprint density at radius 2 is 1.97 bits per heavy atom. The Hall–Kier alpha value is -3.60. The maximum absolute atomic E-state index is 15.6. The number of methoxy groups -OCH3 is 1. The van der Waals surface area contributed by atoms with E-state index in [-0.39, 0.29) is 41.8 Å². The summed E-state index contributed by atoms with van der Waals surface area (Å²) >= 11 is 5.39. The first-order valence-electron chi connectivity index (χ1n) is 12.2. The summed E-state index contributed by atoms with van der Waals surface area (Å²) < 4.78 is 50.6. The number of ether oxygens (including phenoxy) is 1. The van der Waals surface area contributed by atoms with Crippen LogP contribution in [0.5, 0.6) is 5.75 Å². The molecule has 2 fully saturated rings. The van der Waals surface area contributed by atoms with Crippen molar-refractivity contribution in [3.05, 3.63) is 69.5 Å². The highest BCUT2D eigenvalue weighted by atomic mass is 32.1. The van der Waals surface area contributed by atoms with E-state index < -0.39 is 34.9 Å². The van der Waals surface area contributed by atoms with Gasteiger partial charge in [0.05, 0.1) is 24.7 Å². The number of halogens is 3. The van der Waals surface area contributed by atoms with Gasteiger partial charge in [-0.2, -0.15) is 0 Å². The van der Waals surface area contributed by atoms with E-state index >= 15 is 4.39 Å². The number of thiocarbonyl (C=S) groups is 1. The summed E-state index contributed by atoms with van der Waals surface area (Å²) in [6.45, 7) is -0.0198. The van der Waals surface area contributed by atoms with Crippen LogP contribution in [0.2, 0.25) is 0 Å². The van der Waals surface area contributed by atoms with Crippen molar-refractivity contribution in [3.8, 4) is 5.75 Å². The van der Waals surface area contributed by atoms with Gasteiger partial charge in [0, 0.05) is 42.9 Å². The van der Waals surface area contributed by atoms with E-state index in [9.17, 15) is 23.5 Å². The summed E-state index contributed by atoms with van der Waals surface area (Å²) in [4.78, 5) is 26.7. The lowest BCUT2D eigenvalue weighted by atomic mass is 9.88. The maximum atomic E-state index is 15.6. The number of nitrogens with one attached hydrogen (secondary N) is 1. The molecule has 5 rings (SSSR count). The highest BCUT2D eigenvalue weighted by Crippen LogP contribution is 2.45. The summed E-state index contributed by atoms with van der Waals surface area (Å²) in [6.07, 6.45) is 3.28. The number of aromatic nitrogens is 1. The molecule has 1 atom stereocenters. The zero-order valence-corrected chi connectivity index (χ0v) is 21.4. The smallest absolute Gasteiger partial charge is 0.341 e. The van der Waals surface area contributed by atoms with Crippen LogP contribution in [0.25, 0.3) is 10.9 Å². The number of anilines is 1. The predicted molar refractivity (Wildman–Crippen MR) is 141 cm³/mol. The SMILES string of the molecule is COc1c(N2CCC(CF)(CNC(=S)c3ccc(F)cc3)C2)c(F)cc2c(=O)c(C(=O)O)cn(C3CC3)c12. The Balaban J connectivity index is 1.49. The van der Waals surface area contributed by atoms with E-state index in [4.69, 9.17) is 17.0 Å². The number of fused-ring (bicyclic) bond motifs is 1. The molecular weight excluding hydrogens is 519 g/mol.